The zero-order valence-electron chi connectivity index (χ0n) is 12.1. The van der Waals surface area contributed by atoms with E-state index in [1.807, 2.05) is 0 Å². The third-order valence-electron chi connectivity index (χ3n) is 4.69. The van der Waals surface area contributed by atoms with Crippen LogP contribution in [0.25, 0.3) is 6.08 Å². The fraction of sp³-hybridized carbons (Fsp3) is 0.368. The van der Waals surface area contributed by atoms with Crippen molar-refractivity contribution in [3.05, 3.63) is 64.3 Å². The zero-order chi connectivity index (χ0) is 13.4. The molecule has 0 nitrogen and oxygen atoms in total. The normalized spacial score (nSPS) is 23.8. The monoisotopic (exact) mass is 250 g/mol. The second kappa shape index (κ2) is 4.85. The molecule has 2 unspecified atom stereocenters. The van der Waals surface area contributed by atoms with Crippen LogP contribution in [0.1, 0.15) is 48.4 Å². The van der Waals surface area contributed by atoms with Gasteiger partial charge in [-0.2, -0.15) is 0 Å². The van der Waals surface area contributed by atoms with Crippen LogP contribution in [0.2, 0.25) is 0 Å². The van der Waals surface area contributed by atoms with E-state index < -0.39 is 0 Å². The van der Waals surface area contributed by atoms with Gasteiger partial charge in [0.15, 0.2) is 0 Å². The van der Waals surface area contributed by atoms with Crippen LogP contribution in [0, 0.1) is 12.8 Å². The summed E-state index contributed by atoms with van der Waals surface area (Å²) in [5.41, 5.74) is 7.58. The smallest absolute Gasteiger partial charge is 0.0158 e. The van der Waals surface area contributed by atoms with E-state index in [2.05, 4.69) is 63.3 Å². The SMILES string of the molecule is CCC1=CC=CC2C=Cc3ccc(CC)c(C)c3C12. The Morgan fingerprint density at radius 2 is 1.89 bits per heavy atom. The maximum atomic E-state index is 2.37. The minimum atomic E-state index is 0.554. The first kappa shape index (κ1) is 12.5. The molecule has 0 N–H and O–H groups in total. The zero-order valence-corrected chi connectivity index (χ0v) is 12.1. The molecule has 2 aliphatic rings. The molecule has 3 rings (SSSR count). The molecule has 1 aromatic carbocycles. The van der Waals surface area contributed by atoms with Gasteiger partial charge in [-0.3, -0.25) is 0 Å². The van der Waals surface area contributed by atoms with Crippen molar-refractivity contribution in [2.75, 3.05) is 0 Å². The molecule has 2 aliphatic carbocycles. The molecular weight excluding hydrogens is 228 g/mol. The van der Waals surface area contributed by atoms with E-state index in [-0.39, 0.29) is 0 Å². The summed E-state index contributed by atoms with van der Waals surface area (Å²) in [6, 6.07) is 4.60. The third-order valence-corrected chi connectivity index (χ3v) is 4.69. The predicted octanol–water partition coefficient (Wildman–Crippen LogP) is 5.19. The topological polar surface area (TPSA) is 0 Å². The first-order valence-electron chi connectivity index (χ1n) is 7.44. The lowest BCUT2D eigenvalue weighted by Crippen LogP contribution is -2.19. The summed E-state index contributed by atoms with van der Waals surface area (Å²) in [5.74, 6) is 1.12. The predicted molar refractivity (Wildman–Crippen MR) is 83.3 cm³/mol. The number of aryl methyl sites for hydroxylation is 1. The van der Waals surface area contributed by atoms with Crippen LogP contribution < -0.4 is 0 Å². The van der Waals surface area contributed by atoms with Crippen LogP contribution in [0.3, 0.4) is 0 Å². The van der Waals surface area contributed by atoms with Crippen molar-refractivity contribution >= 4 is 6.08 Å². The minimum Gasteiger partial charge on any atom is -0.0767 e. The lowest BCUT2D eigenvalue weighted by molar-refractivity contribution is 0.633. The highest BCUT2D eigenvalue weighted by Crippen LogP contribution is 2.44. The Balaban J connectivity index is 2.20. The van der Waals surface area contributed by atoms with E-state index in [0.717, 1.165) is 12.8 Å². The Bertz CT molecular complexity index is 584. The Morgan fingerprint density at radius 1 is 1.05 bits per heavy atom. The summed E-state index contributed by atoms with van der Waals surface area (Å²) in [4.78, 5) is 0. The van der Waals surface area contributed by atoms with E-state index in [1.165, 1.54) is 16.7 Å². The highest BCUT2D eigenvalue weighted by Gasteiger charge is 2.30. The maximum absolute atomic E-state index is 2.37. The molecule has 0 aromatic heterocycles. The molecule has 0 radical (unpaired) electrons. The van der Waals surface area contributed by atoms with Crippen LogP contribution >= 0.6 is 0 Å². The summed E-state index contributed by atoms with van der Waals surface area (Å²) >= 11 is 0. The summed E-state index contributed by atoms with van der Waals surface area (Å²) in [7, 11) is 0. The average molecular weight is 250 g/mol. The molecule has 0 amide bonds. The van der Waals surface area contributed by atoms with Gasteiger partial charge in [0.05, 0.1) is 0 Å². The van der Waals surface area contributed by atoms with Crippen LogP contribution in [0.5, 0.6) is 0 Å². The van der Waals surface area contributed by atoms with Crippen molar-refractivity contribution in [3.63, 3.8) is 0 Å². The van der Waals surface area contributed by atoms with E-state index >= 15 is 0 Å². The van der Waals surface area contributed by atoms with Gasteiger partial charge in [-0.1, -0.05) is 61.9 Å². The first-order chi connectivity index (χ1) is 9.26. The van der Waals surface area contributed by atoms with Gasteiger partial charge in [0, 0.05) is 11.8 Å². The van der Waals surface area contributed by atoms with Crippen molar-refractivity contribution in [3.8, 4) is 0 Å². The number of hydrogen-bond acceptors (Lipinski definition) is 0. The molecule has 0 aliphatic heterocycles. The fourth-order valence-electron chi connectivity index (χ4n) is 3.61. The van der Waals surface area contributed by atoms with E-state index in [1.54, 1.807) is 11.1 Å². The second-order valence-electron chi connectivity index (χ2n) is 5.60. The molecule has 1 aromatic rings. The van der Waals surface area contributed by atoms with Gasteiger partial charge in [-0.05, 0) is 42.0 Å². The van der Waals surface area contributed by atoms with Crippen molar-refractivity contribution < 1.29 is 0 Å². The van der Waals surface area contributed by atoms with E-state index in [9.17, 15) is 0 Å². The lowest BCUT2D eigenvalue weighted by Gasteiger charge is -2.34. The third kappa shape index (κ3) is 1.90. The Morgan fingerprint density at radius 3 is 2.63 bits per heavy atom. The summed E-state index contributed by atoms with van der Waals surface area (Å²) in [6.45, 7) is 6.83. The molecule has 0 heterocycles. The van der Waals surface area contributed by atoms with Crippen molar-refractivity contribution in [2.24, 2.45) is 5.92 Å². The summed E-state index contributed by atoms with van der Waals surface area (Å²) in [5, 5.41) is 0. The quantitative estimate of drug-likeness (QED) is 0.677. The van der Waals surface area contributed by atoms with Crippen LogP contribution in [0.4, 0.5) is 0 Å². The molecule has 0 saturated carbocycles. The largest absolute Gasteiger partial charge is 0.0767 e. The molecule has 2 atom stereocenters. The lowest BCUT2D eigenvalue weighted by atomic mass is 9.70. The number of hydrogen-bond donors (Lipinski definition) is 0. The van der Waals surface area contributed by atoms with Crippen LogP contribution in [-0.4, -0.2) is 0 Å². The standard InChI is InChI=1S/C19H22/c1-4-14-9-10-17-12-11-16-8-6-7-15(5-2)19(16)18(17)13(14)3/h6-12,16,19H,4-5H2,1-3H3. The van der Waals surface area contributed by atoms with Crippen LogP contribution in [0.15, 0.2) is 42.0 Å². The number of fused-ring (bicyclic) bond motifs is 3. The van der Waals surface area contributed by atoms with Crippen molar-refractivity contribution in [1.82, 2.24) is 0 Å². The van der Waals surface area contributed by atoms with Gasteiger partial charge >= 0.3 is 0 Å². The summed E-state index contributed by atoms with van der Waals surface area (Å²) < 4.78 is 0. The average Bonchev–Trinajstić information content (AvgIpc) is 2.46. The van der Waals surface area contributed by atoms with Crippen molar-refractivity contribution in [2.45, 2.75) is 39.5 Å². The highest BCUT2D eigenvalue weighted by atomic mass is 14.3. The maximum Gasteiger partial charge on any atom is 0.0158 e. The van der Waals surface area contributed by atoms with E-state index in [0.29, 0.717) is 11.8 Å². The van der Waals surface area contributed by atoms with Crippen molar-refractivity contribution in [1.29, 1.82) is 0 Å². The molecule has 19 heavy (non-hydrogen) atoms. The molecule has 0 bridgehead atoms. The van der Waals surface area contributed by atoms with Gasteiger partial charge in [-0.15, -0.1) is 0 Å². The Labute approximate surface area is 116 Å². The molecule has 0 spiro atoms. The molecule has 0 saturated heterocycles. The minimum absolute atomic E-state index is 0.554. The van der Waals surface area contributed by atoms with Gasteiger partial charge in [-0.25, -0.2) is 0 Å². The molecule has 0 heteroatoms. The number of allylic oxidation sites excluding steroid dienone is 5. The molecular formula is C19H22. The second-order valence-corrected chi connectivity index (χ2v) is 5.60. The molecule has 0 fully saturated rings. The van der Waals surface area contributed by atoms with Gasteiger partial charge < -0.3 is 0 Å². The fourth-order valence-corrected chi connectivity index (χ4v) is 3.61. The van der Waals surface area contributed by atoms with Gasteiger partial charge in [0.25, 0.3) is 0 Å². The number of rotatable bonds is 2. The van der Waals surface area contributed by atoms with Gasteiger partial charge in [0.1, 0.15) is 0 Å². The summed E-state index contributed by atoms with van der Waals surface area (Å²) in [6.07, 6.45) is 13.9. The Kier molecular flexibility index (Phi) is 3.18. The van der Waals surface area contributed by atoms with E-state index in [4.69, 9.17) is 0 Å². The first-order valence-corrected chi connectivity index (χ1v) is 7.44. The Hall–Kier alpha value is -1.56. The van der Waals surface area contributed by atoms with Gasteiger partial charge in [0.2, 0.25) is 0 Å². The number of benzene rings is 1. The molecule has 98 valence electrons. The highest BCUT2D eigenvalue weighted by molar-refractivity contribution is 5.65. The van der Waals surface area contributed by atoms with Crippen LogP contribution in [-0.2, 0) is 6.42 Å².